The number of nitrogen functional groups attached to an aromatic ring is 1. The van der Waals surface area contributed by atoms with Crippen LogP contribution in [0.15, 0.2) is 30.3 Å². The molecule has 0 aliphatic heterocycles. The average Bonchev–Trinajstić information content (AvgIpc) is 2.88. The summed E-state index contributed by atoms with van der Waals surface area (Å²) < 4.78 is 10.5. The van der Waals surface area contributed by atoms with Crippen LogP contribution in [0.5, 0.6) is 11.5 Å². The lowest BCUT2D eigenvalue weighted by Crippen LogP contribution is -1.92. The normalized spacial score (nSPS) is 10.7. The molecule has 0 saturated carbocycles. The molecule has 3 aromatic rings. The maximum absolute atomic E-state index is 5.69. The van der Waals surface area contributed by atoms with Crippen LogP contribution in [0.1, 0.15) is 0 Å². The Morgan fingerprint density at radius 1 is 1.05 bits per heavy atom. The van der Waals surface area contributed by atoms with Crippen LogP contribution in [0.4, 0.5) is 5.82 Å². The molecule has 1 aromatic carbocycles. The molecular formula is C14H14N4O2. The van der Waals surface area contributed by atoms with Gasteiger partial charge in [-0.2, -0.15) is 0 Å². The number of nitrogens with zero attached hydrogens (tertiary/aromatic N) is 2. The van der Waals surface area contributed by atoms with Crippen molar-refractivity contribution in [3.05, 3.63) is 30.3 Å². The molecule has 0 atom stereocenters. The Bertz CT molecular complexity index is 726. The zero-order chi connectivity index (χ0) is 14.1. The molecule has 0 aliphatic carbocycles. The predicted molar refractivity (Wildman–Crippen MR) is 76.8 cm³/mol. The smallest absolute Gasteiger partial charge is 0.163 e. The number of benzene rings is 1. The minimum Gasteiger partial charge on any atom is -0.493 e. The highest BCUT2D eigenvalue weighted by atomic mass is 16.5. The van der Waals surface area contributed by atoms with Crippen LogP contribution in [0.3, 0.4) is 0 Å². The number of imidazole rings is 1. The largest absolute Gasteiger partial charge is 0.493 e. The molecule has 20 heavy (non-hydrogen) atoms. The van der Waals surface area contributed by atoms with E-state index in [0.29, 0.717) is 28.8 Å². The highest BCUT2D eigenvalue weighted by Gasteiger charge is 2.11. The van der Waals surface area contributed by atoms with Crippen molar-refractivity contribution in [1.29, 1.82) is 0 Å². The maximum Gasteiger partial charge on any atom is 0.163 e. The molecular weight excluding hydrogens is 256 g/mol. The molecule has 6 heteroatoms. The van der Waals surface area contributed by atoms with Gasteiger partial charge >= 0.3 is 0 Å². The van der Waals surface area contributed by atoms with Crippen LogP contribution in [-0.4, -0.2) is 29.2 Å². The van der Waals surface area contributed by atoms with Crippen LogP contribution in [0.25, 0.3) is 22.6 Å². The van der Waals surface area contributed by atoms with Crippen molar-refractivity contribution in [2.75, 3.05) is 20.0 Å². The summed E-state index contributed by atoms with van der Waals surface area (Å²) in [6.45, 7) is 0. The summed E-state index contributed by atoms with van der Waals surface area (Å²) >= 11 is 0. The third kappa shape index (κ3) is 2.01. The van der Waals surface area contributed by atoms with Gasteiger partial charge in [-0.3, -0.25) is 0 Å². The van der Waals surface area contributed by atoms with Gasteiger partial charge in [0.2, 0.25) is 0 Å². The number of hydrogen-bond donors (Lipinski definition) is 2. The second kappa shape index (κ2) is 4.73. The van der Waals surface area contributed by atoms with E-state index in [4.69, 9.17) is 15.2 Å². The van der Waals surface area contributed by atoms with Gasteiger partial charge in [-0.25, -0.2) is 9.97 Å². The van der Waals surface area contributed by atoms with Gasteiger partial charge in [0.05, 0.1) is 25.3 Å². The zero-order valence-electron chi connectivity index (χ0n) is 11.2. The molecule has 0 saturated heterocycles. The van der Waals surface area contributed by atoms with Gasteiger partial charge < -0.3 is 20.2 Å². The molecule has 6 nitrogen and oxygen atoms in total. The number of aromatic amines is 1. The van der Waals surface area contributed by atoms with Crippen LogP contribution in [0.2, 0.25) is 0 Å². The standard InChI is InChI=1S/C14H14N4O2/c1-19-11-6-9-10(7-12(11)20-2)18-14(17-9)8-4-3-5-13(15)16-8/h3-7H,1-2H3,(H2,15,16)(H,17,18). The van der Waals surface area contributed by atoms with E-state index in [0.717, 1.165) is 11.0 Å². The first-order valence-corrected chi connectivity index (χ1v) is 6.06. The van der Waals surface area contributed by atoms with Crippen molar-refractivity contribution in [3.63, 3.8) is 0 Å². The van der Waals surface area contributed by atoms with Gasteiger partial charge in [-0.1, -0.05) is 6.07 Å². The molecule has 0 radical (unpaired) electrons. The van der Waals surface area contributed by atoms with Crippen LogP contribution in [-0.2, 0) is 0 Å². The number of pyridine rings is 1. The third-order valence-corrected chi connectivity index (χ3v) is 3.00. The summed E-state index contributed by atoms with van der Waals surface area (Å²) in [5, 5.41) is 0. The number of H-pyrrole nitrogens is 1. The second-order valence-electron chi connectivity index (χ2n) is 4.26. The third-order valence-electron chi connectivity index (χ3n) is 3.00. The van der Waals surface area contributed by atoms with Gasteiger partial charge in [0.15, 0.2) is 17.3 Å². The van der Waals surface area contributed by atoms with E-state index in [2.05, 4.69) is 15.0 Å². The molecule has 3 N–H and O–H groups in total. The minimum atomic E-state index is 0.457. The topological polar surface area (TPSA) is 86.0 Å². The summed E-state index contributed by atoms with van der Waals surface area (Å²) in [5.74, 6) is 2.40. The molecule has 2 heterocycles. The lowest BCUT2D eigenvalue weighted by molar-refractivity contribution is 0.356. The molecule has 2 aromatic heterocycles. The molecule has 0 unspecified atom stereocenters. The Morgan fingerprint density at radius 3 is 2.50 bits per heavy atom. The number of nitrogens with two attached hydrogens (primary N) is 1. The van der Waals surface area contributed by atoms with E-state index in [-0.39, 0.29) is 0 Å². The first kappa shape index (κ1) is 12.3. The quantitative estimate of drug-likeness (QED) is 0.762. The average molecular weight is 270 g/mol. The molecule has 0 amide bonds. The monoisotopic (exact) mass is 270 g/mol. The summed E-state index contributed by atoms with van der Waals surface area (Å²) in [6, 6.07) is 9.09. The van der Waals surface area contributed by atoms with E-state index in [1.165, 1.54) is 0 Å². The number of fused-ring (bicyclic) bond motifs is 1. The Morgan fingerprint density at radius 2 is 1.80 bits per heavy atom. The van der Waals surface area contributed by atoms with Crippen LogP contribution in [0, 0.1) is 0 Å². The predicted octanol–water partition coefficient (Wildman–Crippen LogP) is 2.22. The van der Waals surface area contributed by atoms with Crippen molar-refractivity contribution in [2.45, 2.75) is 0 Å². The fraction of sp³-hybridized carbons (Fsp3) is 0.143. The van der Waals surface area contributed by atoms with Gasteiger partial charge in [-0.15, -0.1) is 0 Å². The second-order valence-corrected chi connectivity index (χ2v) is 4.26. The number of rotatable bonds is 3. The van der Waals surface area contributed by atoms with Crippen molar-refractivity contribution in [2.24, 2.45) is 0 Å². The first-order valence-electron chi connectivity index (χ1n) is 6.06. The fourth-order valence-corrected chi connectivity index (χ4v) is 2.04. The van der Waals surface area contributed by atoms with Crippen molar-refractivity contribution < 1.29 is 9.47 Å². The van der Waals surface area contributed by atoms with E-state index >= 15 is 0 Å². The van der Waals surface area contributed by atoms with Gasteiger partial charge in [-0.05, 0) is 12.1 Å². The molecule has 0 fully saturated rings. The maximum atomic E-state index is 5.69. The lowest BCUT2D eigenvalue weighted by Gasteiger charge is -2.06. The van der Waals surface area contributed by atoms with Gasteiger partial charge in [0.25, 0.3) is 0 Å². The van der Waals surface area contributed by atoms with Gasteiger partial charge in [0.1, 0.15) is 11.5 Å². The fourth-order valence-electron chi connectivity index (χ4n) is 2.04. The van der Waals surface area contributed by atoms with Crippen molar-refractivity contribution >= 4 is 16.9 Å². The number of methoxy groups -OCH3 is 2. The van der Waals surface area contributed by atoms with E-state index in [9.17, 15) is 0 Å². The van der Waals surface area contributed by atoms with E-state index in [1.54, 1.807) is 20.3 Å². The number of aromatic nitrogens is 3. The highest BCUT2D eigenvalue weighted by Crippen LogP contribution is 2.32. The molecule has 0 bridgehead atoms. The molecule has 0 spiro atoms. The van der Waals surface area contributed by atoms with Crippen molar-refractivity contribution in [3.8, 4) is 23.0 Å². The first-order chi connectivity index (χ1) is 9.71. The summed E-state index contributed by atoms with van der Waals surface area (Å²) in [4.78, 5) is 11.9. The van der Waals surface area contributed by atoms with E-state index in [1.807, 2.05) is 24.3 Å². The van der Waals surface area contributed by atoms with Gasteiger partial charge in [0, 0.05) is 12.1 Å². The number of hydrogen-bond acceptors (Lipinski definition) is 5. The molecule has 3 rings (SSSR count). The highest BCUT2D eigenvalue weighted by molar-refractivity contribution is 5.82. The molecule has 102 valence electrons. The number of nitrogens with one attached hydrogen (secondary N) is 1. The summed E-state index contributed by atoms with van der Waals surface area (Å²) in [5.41, 5.74) is 8.01. The summed E-state index contributed by atoms with van der Waals surface area (Å²) in [7, 11) is 3.19. The minimum absolute atomic E-state index is 0.457. The Balaban J connectivity index is 2.15. The Kier molecular flexibility index (Phi) is 2.90. The number of ether oxygens (including phenoxy) is 2. The SMILES string of the molecule is COc1cc2nc(-c3cccc(N)n3)[nH]c2cc1OC. The molecule has 0 aliphatic rings. The number of anilines is 1. The lowest BCUT2D eigenvalue weighted by atomic mass is 10.3. The van der Waals surface area contributed by atoms with Crippen molar-refractivity contribution in [1.82, 2.24) is 15.0 Å². The van der Waals surface area contributed by atoms with E-state index < -0.39 is 0 Å². The summed E-state index contributed by atoms with van der Waals surface area (Å²) in [6.07, 6.45) is 0. The zero-order valence-corrected chi connectivity index (χ0v) is 11.2. The Labute approximate surface area is 115 Å². The van der Waals surface area contributed by atoms with Crippen LogP contribution < -0.4 is 15.2 Å². The Hall–Kier alpha value is -2.76. The van der Waals surface area contributed by atoms with Crippen LogP contribution >= 0.6 is 0 Å².